The molecule has 1 atom stereocenters. The van der Waals surface area contributed by atoms with Crippen LogP contribution in [-0.2, 0) is 6.54 Å². The Morgan fingerprint density at radius 1 is 1.48 bits per heavy atom. The Morgan fingerprint density at radius 3 is 2.96 bits per heavy atom. The zero-order valence-electron chi connectivity index (χ0n) is 12.2. The maximum atomic E-state index is 13.3. The molecule has 1 unspecified atom stereocenters. The fourth-order valence-corrected chi connectivity index (χ4v) is 2.43. The van der Waals surface area contributed by atoms with Crippen molar-refractivity contribution in [3.8, 4) is 5.88 Å². The van der Waals surface area contributed by atoms with E-state index in [0.29, 0.717) is 18.4 Å². The van der Waals surface area contributed by atoms with Crippen molar-refractivity contribution in [1.82, 2.24) is 15.6 Å². The van der Waals surface area contributed by atoms with E-state index in [0.717, 1.165) is 0 Å². The van der Waals surface area contributed by atoms with Gasteiger partial charge in [-0.2, -0.15) is 8.78 Å². The molecular formula is C14H17F4N3O2. The normalized spacial score (nSPS) is 20.1. The molecule has 1 aromatic rings. The summed E-state index contributed by atoms with van der Waals surface area (Å²) in [6, 6.07) is 1.63. The number of hydrogen-bond donors (Lipinski definition) is 2. The molecule has 0 spiro atoms. The number of ether oxygens (including phenoxy) is 1. The second-order valence-electron chi connectivity index (χ2n) is 5.36. The van der Waals surface area contributed by atoms with Crippen LogP contribution in [0.4, 0.5) is 22.4 Å². The maximum Gasteiger partial charge on any atom is 0.388 e. The van der Waals surface area contributed by atoms with Gasteiger partial charge in [-0.05, 0) is 24.5 Å². The number of nitrogens with one attached hydrogen (secondary N) is 2. The van der Waals surface area contributed by atoms with Gasteiger partial charge in [-0.3, -0.25) is 0 Å². The van der Waals surface area contributed by atoms with Crippen LogP contribution in [0.15, 0.2) is 18.3 Å². The number of aromatic nitrogens is 1. The lowest BCUT2D eigenvalue weighted by atomic mass is 9.92. The number of halogens is 4. The van der Waals surface area contributed by atoms with Crippen molar-refractivity contribution in [3.05, 3.63) is 23.9 Å². The van der Waals surface area contributed by atoms with E-state index in [1.807, 2.05) is 0 Å². The van der Waals surface area contributed by atoms with Crippen LogP contribution in [0, 0.1) is 0 Å². The van der Waals surface area contributed by atoms with E-state index < -0.39 is 24.6 Å². The largest absolute Gasteiger partial charge is 0.417 e. The van der Waals surface area contributed by atoms with Crippen molar-refractivity contribution in [2.24, 2.45) is 0 Å². The number of hydrogen-bond acceptors (Lipinski definition) is 3. The van der Waals surface area contributed by atoms with Gasteiger partial charge in [0.2, 0.25) is 11.8 Å². The number of alkyl halides is 4. The molecule has 5 nitrogen and oxygen atoms in total. The molecule has 1 heterocycles. The zero-order valence-corrected chi connectivity index (χ0v) is 12.2. The molecule has 23 heavy (non-hydrogen) atoms. The number of carbonyl (C=O) groups excluding carboxylic acids is 1. The summed E-state index contributed by atoms with van der Waals surface area (Å²) in [7, 11) is 0. The van der Waals surface area contributed by atoms with Crippen LogP contribution >= 0.6 is 0 Å². The van der Waals surface area contributed by atoms with E-state index in [2.05, 4.69) is 20.4 Å². The standard InChI is InChI=1S/C14H17F4N3O2/c15-12(16)23-11-6-9(3-5-19-11)8-20-13(22)21-10-2-1-4-14(17,18)7-10/h3,5-6,10,12H,1-2,4,7-8H2,(H2,20,21,22). The molecule has 0 saturated heterocycles. The molecule has 1 fully saturated rings. The molecule has 9 heteroatoms. The molecule has 1 saturated carbocycles. The average Bonchev–Trinajstić information content (AvgIpc) is 2.44. The Hall–Kier alpha value is -2.06. The van der Waals surface area contributed by atoms with Gasteiger partial charge in [0.1, 0.15) is 0 Å². The van der Waals surface area contributed by atoms with Gasteiger partial charge in [-0.25, -0.2) is 18.6 Å². The van der Waals surface area contributed by atoms with E-state index in [1.165, 1.54) is 18.3 Å². The summed E-state index contributed by atoms with van der Waals surface area (Å²) in [6.07, 6.45) is 1.61. The highest BCUT2D eigenvalue weighted by Crippen LogP contribution is 2.32. The Balaban J connectivity index is 1.80. The SMILES string of the molecule is O=C(NCc1ccnc(OC(F)F)c1)NC1CCCC(F)(F)C1. The Kier molecular flexibility index (Phi) is 5.62. The van der Waals surface area contributed by atoms with Crippen molar-refractivity contribution < 1.29 is 27.1 Å². The number of amides is 2. The number of nitrogens with zero attached hydrogens (tertiary/aromatic N) is 1. The number of rotatable bonds is 5. The summed E-state index contributed by atoms with van der Waals surface area (Å²) in [6.45, 7) is -2.95. The van der Waals surface area contributed by atoms with Crippen molar-refractivity contribution in [3.63, 3.8) is 0 Å². The number of carbonyl (C=O) groups is 1. The molecular weight excluding hydrogens is 318 g/mol. The van der Waals surface area contributed by atoms with Gasteiger partial charge < -0.3 is 15.4 Å². The van der Waals surface area contributed by atoms with Gasteiger partial charge in [0.05, 0.1) is 0 Å². The van der Waals surface area contributed by atoms with Crippen LogP contribution in [0.2, 0.25) is 0 Å². The zero-order chi connectivity index (χ0) is 16.9. The van der Waals surface area contributed by atoms with Crippen LogP contribution in [0.25, 0.3) is 0 Å². The van der Waals surface area contributed by atoms with Gasteiger partial charge >= 0.3 is 12.6 Å². The van der Waals surface area contributed by atoms with E-state index in [1.54, 1.807) is 0 Å². The lowest BCUT2D eigenvalue weighted by Crippen LogP contribution is -2.46. The Labute approximate surface area is 130 Å². The molecule has 0 bridgehead atoms. The van der Waals surface area contributed by atoms with Gasteiger partial charge in [0.15, 0.2) is 0 Å². The molecule has 0 aromatic carbocycles. The maximum absolute atomic E-state index is 13.3. The minimum atomic E-state index is -2.98. The molecule has 2 rings (SSSR count). The molecule has 2 N–H and O–H groups in total. The summed E-state index contributed by atoms with van der Waals surface area (Å²) in [4.78, 5) is 15.3. The molecule has 2 amide bonds. The fourth-order valence-electron chi connectivity index (χ4n) is 2.43. The van der Waals surface area contributed by atoms with E-state index >= 15 is 0 Å². The van der Waals surface area contributed by atoms with E-state index in [4.69, 9.17) is 0 Å². The van der Waals surface area contributed by atoms with Gasteiger partial charge in [-0.1, -0.05) is 0 Å². The topological polar surface area (TPSA) is 63.2 Å². The van der Waals surface area contributed by atoms with Gasteiger partial charge in [-0.15, -0.1) is 0 Å². The highest BCUT2D eigenvalue weighted by atomic mass is 19.3. The third kappa shape index (κ3) is 5.91. The predicted molar refractivity (Wildman–Crippen MR) is 73.4 cm³/mol. The molecule has 1 aliphatic rings. The predicted octanol–water partition coefficient (Wildman–Crippen LogP) is 3.06. The van der Waals surface area contributed by atoms with Crippen molar-refractivity contribution in [1.29, 1.82) is 0 Å². The quantitative estimate of drug-likeness (QED) is 0.813. The lowest BCUT2D eigenvalue weighted by Gasteiger charge is -2.29. The van der Waals surface area contributed by atoms with Crippen LogP contribution in [0.3, 0.4) is 0 Å². The molecule has 0 radical (unpaired) electrons. The summed E-state index contributed by atoms with van der Waals surface area (Å²) in [5.41, 5.74) is 0.500. The summed E-state index contributed by atoms with van der Waals surface area (Å²) < 4.78 is 54.8. The second-order valence-corrected chi connectivity index (χ2v) is 5.36. The van der Waals surface area contributed by atoms with Gasteiger partial charge in [0, 0.05) is 37.7 Å². The smallest absolute Gasteiger partial charge is 0.388 e. The Bertz CT molecular complexity index is 543. The van der Waals surface area contributed by atoms with Crippen molar-refractivity contribution in [2.75, 3.05) is 0 Å². The van der Waals surface area contributed by atoms with Crippen LogP contribution in [0.5, 0.6) is 5.88 Å². The molecule has 0 aliphatic heterocycles. The third-order valence-electron chi connectivity index (χ3n) is 3.44. The van der Waals surface area contributed by atoms with Crippen LogP contribution < -0.4 is 15.4 Å². The van der Waals surface area contributed by atoms with Crippen molar-refractivity contribution >= 4 is 6.03 Å². The van der Waals surface area contributed by atoms with Crippen LogP contribution in [-0.4, -0.2) is 29.6 Å². The number of pyridine rings is 1. The highest BCUT2D eigenvalue weighted by molar-refractivity contribution is 5.74. The molecule has 1 aromatic heterocycles. The van der Waals surface area contributed by atoms with Gasteiger partial charge in [0.25, 0.3) is 0 Å². The lowest BCUT2D eigenvalue weighted by molar-refractivity contribution is -0.0529. The average molecular weight is 335 g/mol. The molecule has 128 valence electrons. The van der Waals surface area contributed by atoms with Crippen LogP contribution in [0.1, 0.15) is 31.2 Å². The minimum absolute atomic E-state index is 0.0388. The Morgan fingerprint density at radius 2 is 2.26 bits per heavy atom. The summed E-state index contributed by atoms with van der Waals surface area (Å²) in [5, 5.41) is 4.98. The first-order valence-electron chi connectivity index (χ1n) is 7.16. The minimum Gasteiger partial charge on any atom is -0.417 e. The first-order chi connectivity index (χ1) is 10.8. The molecule has 1 aliphatic carbocycles. The van der Waals surface area contributed by atoms with E-state index in [9.17, 15) is 22.4 Å². The number of urea groups is 1. The first-order valence-corrected chi connectivity index (χ1v) is 7.16. The van der Waals surface area contributed by atoms with E-state index in [-0.39, 0.29) is 25.3 Å². The summed E-state index contributed by atoms with van der Waals surface area (Å²) in [5.74, 6) is -3.00. The van der Waals surface area contributed by atoms with Crippen molar-refractivity contribution in [2.45, 2.75) is 50.8 Å². The summed E-state index contributed by atoms with van der Waals surface area (Å²) >= 11 is 0. The second kappa shape index (κ2) is 7.47. The third-order valence-corrected chi connectivity index (χ3v) is 3.44. The fraction of sp³-hybridized carbons (Fsp3) is 0.571. The first kappa shape index (κ1) is 17.3. The monoisotopic (exact) mass is 335 g/mol. The highest BCUT2D eigenvalue weighted by Gasteiger charge is 2.36.